The maximum atomic E-state index is 11.6. The maximum Gasteiger partial charge on any atom is 0.351 e. The zero-order valence-corrected chi connectivity index (χ0v) is 10.0. The number of esters is 2. The number of nitrogens with zero attached hydrogens (tertiary/aromatic N) is 1. The number of nitrogens with one attached hydrogen (secondary N) is 1. The van der Waals surface area contributed by atoms with E-state index in [1.165, 1.54) is 19.2 Å². The molecular formula is C12H12N2O4. The zero-order chi connectivity index (χ0) is 13.5. The Labute approximate surface area is 104 Å². The van der Waals surface area contributed by atoms with E-state index in [-0.39, 0.29) is 23.6 Å². The van der Waals surface area contributed by atoms with Crippen molar-refractivity contribution >= 4 is 11.9 Å². The van der Waals surface area contributed by atoms with E-state index in [9.17, 15) is 9.59 Å². The SMILES string of the molecule is CCOC(=O)C(C#N)=C1NC=CC=C1OC(C)=O. The molecule has 0 spiro atoms. The van der Waals surface area contributed by atoms with Gasteiger partial charge in [-0.1, -0.05) is 0 Å². The van der Waals surface area contributed by atoms with Crippen LogP contribution in [0, 0.1) is 11.3 Å². The predicted molar refractivity (Wildman–Crippen MR) is 61.4 cm³/mol. The zero-order valence-electron chi connectivity index (χ0n) is 10.0. The Morgan fingerprint density at radius 2 is 2.22 bits per heavy atom. The van der Waals surface area contributed by atoms with Crippen LogP contribution in [0.2, 0.25) is 0 Å². The third kappa shape index (κ3) is 3.22. The normalized spacial score (nSPS) is 15.9. The van der Waals surface area contributed by atoms with Gasteiger partial charge in [0.2, 0.25) is 0 Å². The smallest absolute Gasteiger partial charge is 0.351 e. The van der Waals surface area contributed by atoms with E-state index in [1.807, 2.05) is 0 Å². The molecule has 0 aromatic heterocycles. The van der Waals surface area contributed by atoms with Crippen LogP contribution in [0.5, 0.6) is 0 Å². The van der Waals surface area contributed by atoms with Crippen molar-refractivity contribution < 1.29 is 19.1 Å². The van der Waals surface area contributed by atoms with Crippen LogP contribution in [-0.2, 0) is 19.1 Å². The average Bonchev–Trinajstić information content (AvgIpc) is 2.32. The lowest BCUT2D eigenvalue weighted by Gasteiger charge is -2.15. The van der Waals surface area contributed by atoms with Crippen LogP contribution >= 0.6 is 0 Å². The molecule has 0 atom stereocenters. The molecule has 0 aromatic carbocycles. The summed E-state index contributed by atoms with van der Waals surface area (Å²) in [5.41, 5.74) is -0.123. The molecular weight excluding hydrogens is 236 g/mol. The Balaban J connectivity index is 3.13. The number of carbonyl (C=O) groups excluding carboxylic acids is 2. The van der Waals surface area contributed by atoms with Gasteiger partial charge in [-0.15, -0.1) is 0 Å². The molecule has 6 heteroatoms. The van der Waals surface area contributed by atoms with E-state index in [0.717, 1.165) is 0 Å². The lowest BCUT2D eigenvalue weighted by Crippen LogP contribution is -2.20. The molecule has 18 heavy (non-hydrogen) atoms. The molecule has 1 rings (SSSR count). The predicted octanol–water partition coefficient (Wildman–Crippen LogP) is 0.891. The minimum Gasteiger partial charge on any atom is -0.462 e. The second kappa shape index (κ2) is 6.25. The monoisotopic (exact) mass is 248 g/mol. The van der Waals surface area contributed by atoms with Crippen LogP contribution in [-0.4, -0.2) is 18.5 Å². The second-order valence-corrected chi connectivity index (χ2v) is 3.21. The van der Waals surface area contributed by atoms with Crippen molar-refractivity contribution in [2.24, 2.45) is 0 Å². The molecule has 0 aliphatic carbocycles. The van der Waals surface area contributed by atoms with Gasteiger partial charge in [-0.3, -0.25) is 4.79 Å². The molecule has 94 valence electrons. The Hall–Kier alpha value is -2.55. The highest BCUT2D eigenvalue weighted by Crippen LogP contribution is 2.18. The minimum atomic E-state index is -0.768. The van der Waals surface area contributed by atoms with Crippen molar-refractivity contribution in [1.82, 2.24) is 5.32 Å². The molecule has 0 bridgehead atoms. The number of allylic oxidation sites excluding steroid dienone is 2. The van der Waals surface area contributed by atoms with E-state index < -0.39 is 11.9 Å². The highest BCUT2D eigenvalue weighted by atomic mass is 16.5. The standard InChI is InChI=1S/C12H12N2O4/c1-3-17-12(16)9(7-13)11-10(18-8(2)15)5-4-6-14-11/h4-6,14H,3H2,1-2H3. The second-order valence-electron chi connectivity index (χ2n) is 3.21. The van der Waals surface area contributed by atoms with Crippen molar-refractivity contribution in [2.75, 3.05) is 6.61 Å². The van der Waals surface area contributed by atoms with Gasteiger partial charge < -0.3 is 14.8 Å². The van der Waals surface area contributed by atoms with Crippen LogP contribution in [0.15, 0.2) is 35.4 Å². The number of dihydropyridines is 1. The first kappa shape index (κ1) is 13.5. The Morgan fingerprint density at radius 1 is 1.50 bits per heavy atom. The molecule has 1 aliphatic rings. The number of carbonyl (C=O) groups is 2. The minimum absolute atomic E-state index is 0.106. The molecule has 0 amide bonds. The van der Waals surface area contributed by atoms with E-state index in [2.05, 4.69) is 5.32 Å². The maximum absolute atomic E-state index is 11.6. The van der Waals surface area contributed by atoms with E-state index in [1.54, 1.807) is 19.1 Å². The van der Waals surface area contributed by atoms with Crippen molar-refractivity contribution in [1.29, 1.82) is 5.26 Å². The topological polar surface area (TPSA) is 88.4 Å². The first-order valence-corrected chi connectivity index (χ1v) is 5.23. The summed E-state index contributed by atoms with van der Waals surface area (Å²) in [7, 11) is 0. The van der Waals surface area contributed by atoms with Gasteiger partial charge in [0, 0.05) is 13.1 Å². The van der Waals surface area contributed by atoms with E-state index in [0.29, 0.717) is 0 Å². The summed E-state index contributed by atoms with van der Waals surface area (Å²) in [4.78, 5) is 22.5. The Morgan fingerprint density at radius 3 is 2.78 bits per heavy atom. The summed E-state index contributed by atoms with van der Waals surface area (Å²) in [6.45, 7) is 3.02. The van der Waals surface area contributed by atoms with Gasteiger partial charge in [-0.05, 0) is 19.1 Å². The van der Waals surface area contributed by atoms with Gasteiger partial charge in [-0.2, -0.15) is 5.26 Å². The van der Waals surface area contributed by atoms with Gasteiger partial charge in [0.05, 0.1) is 6.61 Å². The summed E-state index contributed by atoms with van der Waals surface area (Å²) >= 11 is 0. The molecule has 1 heterocycles. The van der Waals surface area contributed by atoms with Crippen molar-refractivity contribution in [3.05, 3.63) is 35.4 Å². The van der Waals surface area contributed by atoms with Gasteiger partial charge >= 0.3 is 11.9 Å². The molecule has 0 fully saturated rings. The summed E-state index contributed by atoms with van der Waals surface area (Å²) in [6, 6.07) is 1.74. The lowest BCUT2D eigenvalue weighted by molar-refractivity contribution is -0.139. The molecule has 0 unspecified atom stereocenters. The summed E-state index contributed by atoms with van der Waals surface area (Å²) in [5.74, 6) is -1.21. The fraction of sp³-hybridized carbons (Fsp3) is 0.250. The highest BCUT2D eigenvalue weighted by molar-refractivity contribution is 5.94. The van der Waals surface area contributed by atoms with Crippen LogP contribution in [0.3, 0.4) is 0 Å². The van der Waals surface area contributed by atoms with Crippen molar-refractivity contribution in [3.63, 3.8) is 0 Å². The Bertz CT molecular complexity index is 495. The fourth-order valence-corrected chi connectivity index (χ4v) is 1.26. The Kier molecular flexibility index (Phi) is 4.69. The largest absolute Gasteiger partial charge is 0.462 e. The molecule has 6 nitrogen and oxygen atoms in total. The number of hydrogen-bond acceptors (Lipinski definition) is 6. The first-order valence-electron chi connectivity index (χ1n) is 5.23. The first-order chi connectivity index (χ1) is 8.60. The third-order valence-electron chi connectivity index (χ3n) is 1.91. The lowest BCUT2D eigenvalue weighted by atomic mass is 10.1. The number of nitriles is 1. The molecule has 0 saturated carbocycles. The van der Waals surface area contributed by atoms with Crippen LogP contribution in [0.25, 0.3) is 0 Å². The van der Waals surface area contributed by atoms with Gasteiger partial charge in [0.25, 0.3) is 0 Å². The third-order valence-corrected chi connectivity index (χ3v) is 1.91. The number of rotatable bonds is 3. The van der Waals surface area contributed by atoms with Crippen molar-refractivity contribution in [3.8, 4) is 6.07 Å². The quantitative estimate of drug-likeness (QED) is 0.453. The molecule has 0 saturated heterocycles. The highest BCUT2D eigenvalue weighted by Gasteiger charge is 2.22. The summed E-state index contributed by atoms with van der Waals surface area (Å²) < 4.78 is 9.66. The molecule has 0 radical (unpaired) electrons. The van der Waals surface area contributed by atoms with Crippen LogP contribution in [0.4, 0.5) is 0 Å². The number of hydrogen-bond donors (Lipinski definition) is 1. The molecule has 1 aliphatic heterocycles. The fourth-order valence-electron chi connectivity index (χ4n) is 1.26. The summed E-state index contributed by atoms with van der Waals surface area (Å²) in [6.07, 6.45) is 4.57. The van der Waals surface area contributed by atoms with Crippen molar-refractivity contribution in [2.45, 2.75) is 13.8 Å². The van der Waals surface area contributed by atoms with E-state index in [4.69, 9.17) is 14.7 Å². The van der Waals surface area contributed by atoms with Crippen LogP contribution < -0.4 is 5.32 Å². The molecule has 1 N–H and O–H groups in total. The molecule has 0 aromatic rings. The summed E-state index contributed by atoms with van der Waals surface area (Å²) in [5, 5.41) is 11.7. The average molecular weight is 248 g/mol. The van der Waals surface area contributed by atoms with E-state index >= 15 is 0 Å². The van der Waals surface area contributed by atoms with Gasteiger partial charge in [0.1, 0.15) is 11.8 Å². The van der Waals surface area contributed by atoms with Gasteiger partial charge in [-0.25, -0.2) is 4.79 Å². The van der Waals surface area contributed by atoms with Gasteiger partial charge in [0.15, 0.2) is 11.3 Å². The van der Waals surface area contributed by atoms with Crippen LogP contribution in [0.1, 0.15) is 13.8 Å². The number of ether oxygens (including phenoxy) is 2.